The molecule has 1 rings (SSSR count). The summed E-state index contributed by atoms with van der Waals surface area (Å²) in [6.45, 7) is 1.36. The average Bonchev–Trinajstić information content (AvgIpc) is 2.25. The number of nitrogens with zero attached hydrogens (tertiary/aromatic N) is 1. The highest BCUT2D eigenvalue weighted by Gasteiger charge is 2.22. The first-order chi connectivity index (χ1) is 7.88. The zero-order chi connectivity index (χ0) is 13.2. The van der Waals surface area contributed by atoms with Crippen LogP contribution in [0.2, 0.25) is 5.02 Å². The van der Waals surface area contributed by atoms with E-state index < -0.39 is 5.97 Å². The molecule has 0 aromatic heterocycles. The van der Waals surface area contributed by atoms with Crippen molar-refractivity contribution in [1.29, 1.82) is 0 Å². The molecule has 0 saturated heterocycles. The molecule has 0 heterocycles. The van der Waals surface area contributed by atoms with Crippen molar-refractivity contribution in [2.75, 3.05) is 11.0 Å². The Morgan fingerprint density at radius 1 is 1.47 bits per heavy atom. The highest BCUT2D eigenvalue weighted by molar-refractivity contribution is 14.1. The molecule has 0 fully saturated rings. The second-order valence-electron chi connectivity index (χ2n) is 3.07. The maximum atomic E-state index is 11.7. The van der Waals surface area contributed by atoms with Crippen LogP contribution in [-0.4, -0.2) is 19.0 Å². The number of amides is 1. The molecule has 0 N–H and O–H groups in total. The largest absolute Gasteiger partial charge is 0.465 e. The van der Waals surface area contributed by atoms with Crippen molar-refractivity contribution in [3.8, 4) is 0 Å². The summed E-state index contributed by atoms with van der Waals surface area (Å²) in [6.07, 6.45) is 0. The number of halogens is 3. The molecule has 0 saturated carbocycles. The van der Waals surface area contributed by atoms with Gasteiger partial charge in [0.1, 0.15) is 0 Å². The Labute approximate surface area is 126 Å². The molecule has 1 amide bonds. The third-order valence-electron chi connectivity index (χ3n) is 1.91. The van der Waals surface area contributed by atoms with Crippen molar-refractivity contribution in [1.82, 2.24) is 0 Å². The Kier molecular flexibility index (Phi) is 5.21. The van der Waals surface area contributed by atoms with Gasteiger partial charge in [0.2, 0.25) is 5.91 Å². The molecule has 92 valence electrons. The van der Waals surface area contributed by atoms with Crippen LogP contribution in [0.15, 0.2) is 12.1 Å². The highest BCUT2D eigenvalue weighted by Crippen LogP contribution is 2.32. The number of esters is 1. The SMILES string of the molecule is COC(=O)c1c(I)cc(Cl)cc1N(Br)C(C)=O. The van der Waals surface area contributed by atoms with Gasteiger partial charge in [-0.2, -0.15) is 0 Å². The van der Waals surface area contributed by atoms with Crippen LogP contribution in [0.4, 0.5) is 5.69 Å². The van der Waals surface area contributed by atoms with E-state index in [4.69, 9.17) is 11.6 Å². The molecule has 4 nitrogen and oxygen atoms in total. The van der Waals surface area contributed by atoms with Gasteiger partial charge in [0, 0.05) is 15.5 Å². The smallest absolute Gasteiger partial charge is 0.341 e. The second kappa shape index (κ2) is 6.01. The van der Waals surface area contributed by atoms with Crippen molar-refractivity contribution >= 4 is 67.9 Å². The lowest BCUT2D eigenvalue weighted by Gasteiger charge is -2.17. The van der Waals surface area contributed by atoms with Crippen molar-refractivity contribution in [2.45, 2.75) is 6.92 Å². The van der Waals surface area contributed by atoms with Crippen LogP contribution in [0.5, 0.6) is 0 Å². The fraction of sp³-hybridized carbons (Fsp3) is 0.200. The Hall–Kier alpha value is -0.340. The average molecular weight is 432 g/mol. The monoisotopic (exact) mass is 431 g/mol. The van der Waals surface area contributed by atoms with E-state index in [0.29, 0.717) is 19.8 Å². The van der Waals surface area contributed by atoms with Crippen molar-refractivity contribution in [3.63, 3.8) is 0 Å². The molecule has 0 atom stereocenters. The molecule has 0 aliphatic carbocycles. The van der Waals surface area contributed by atoms with Crippen LogP contribution < -0.4 is 3.93 Å². The molecule has 1 aromatic rings. The van der Waals surface area contributed by atoms with E-state index in [1.807, 2.05) is 22.6 Å². The minimum atomic E-state index is -0.522. The van der Waals surface area contributed by atoms with Crippen LogP contribution in [0, 0.1) is 3.57 Å². The van der Waals surface area contributed by atoms with Gasteiger partial charge in [-0.05, 0) is 34.7 Å². The summed E-state index contributed by atoms with van der Waals surface area (Å²) >= 11 is 10.9. The van der Waals surface area contributed by atoms with Gasteiger partial charge in [-0.1, -0.05) is 11.6 Å². The topological polar surface area (TPSA) is 46.6 Å². The summed E-state index contributed by atoms with van der Waals surface area (Å²) in [5.41, 5.74) is 0.658. The van der Waals surface area contributed by atoms with Gasteiger partial charge in [0.25, 0.3) is 0 Å². The van der Waals surface area contributed by atoms with Gasteiger partial charge >= 0.3 is 5.97 Å². The van der Waals surface area contributed by atoms with Crippen molar-refractivity contribution in [2.24, 2.45) is 0 Å². The molecule has 0 unspecified atom stereocenters. The molecule has 0 radical (unpaired) electrons. The number of ether oxygens (including phenoxy) is 1. The number of anilines is 1. The van der Waals surface area contributed by atoms with Gasteiger partial charge in [0.15, 0.2) is 0 Å². The van der Waals surface area contributed by atoms with Crippen LogP contribution in [-0.2, 0) is 9.53 Å². The van der Waals surface area contributed by atoms with Gasteiger partial charge in [-0.25, -0.2) is 8.72 Å². The summed E-state index contributed by atoms with van der Waals surface area (Å²) in [6, 6.07) is 3.14. The van der Waals surface area contributed by atoms with E-state index in [2.05, 4.69) is 20.9 Å². The predicted molar refractivity (Wildman–Crippen MR) is 77.6 cm³/mol. The number of hydrogen-bond acceptors (Lipinski definition) is 3. The standard InChI is InChI=1S/C10H8BrClINO3/c1-5(15)14(11)8-4-6(12)3-7(13)9(8)10(16)17-2/h3-4H,1-2H3. The van der Waals surface area contributed by atoms with Crippen molar-refractivity contribution in [3.05, 3.63) is 26.3 Å². The number of carbonyl (C=O) groups is 2. The van der Waals surface area contributed by atoms with Crippen LogP contribution >= 0.6 is 50.3 Å². The number of hydrogen-bond donors (Lipinski definition) is 0. The number of methoxy groups -OCH3 is 1. The van der Waals surface area contributed by atoms with E-state index in [1.54, 1.807) is 6.07 Å². The lowest BCUT2D eigenvalue weighted by molar-refractivity contribution is -0.115. The first-order valence-corrected chi connectivity index (χ1v) is 6.59. The zero-order valence-corrected chi connectivity index (χ0v) is 13.5. The maximum Gasteiger partial charge on any atom is 0.341 e. The molecule has 1 aromatic carbocycles. The summed E-state index contributed by atoms with van der Waals surface area (Å²) in [5.74, 6) is -0.792. The molecule has 0 aliphatic heterocycles. The fourth-order valence-corrected chi connectivity index (χ4v) is 2.70. The summed E-state index contributed by atoms with van der Waals surface area (Å²) in [7, 11) is 1.28. The van der Waals surface area contributed by atoms with Gasteiger partial charge in [0.05, 0.1) is 34.5 Å². The predicted octanol–water partition coefficient (Wildman–Crippen LogP) is 3.39. The quantitative estimate of drug-likeness (QED) is 0.409. The zero-order valence-electron chi connectivity index (χ0n) is 8.96. The van der Waals surface area contributed by atoms with Gasteiger partial charge < -0.3 is 4.74 Å². The molecule has 0 spiro atoms. The van der Waals surface area contributed by atoms with Gasteiger partial charge in [-0.15, -0.1) is 0 Å². The summed E-state index contributed by atoms with van der Waals surface area (Å²) in [4.78, 5) is 23.0. The van der Waals surface area contributed by atoms with Crippen LogP contribution in [0.25, 0.3) is 0 Å². The minimum absolute atomic E-state index is 0.270. The number of carbonyl (C=O) groups excluding carboxylic acids is 2. The van der Waals surface area contributed by atoms with E-state index in [1.165, 1.54) is 24.0 Å². The summed E-state index contributed by atoms with van der Waals surface area (Å²) < 4.78 is 6.47. The normalized spacial score (nSPS) is 9.94. The van der Waals surface area contributed by atoms with Crippen LogP contribution in [0.3, 0.4) is 0 Å². The maximum absolute atomic E-state index is 11.7. The molecule has 0 aliphatic rings. The third kappa shape index (κ3) is 3.32. The Bertz CT molecular complexity index is 481. The third-order valence-corrected chi connectivity index (χ3v) is 3.86. The summed E-state index contributed by atoms with van der Waals surface area (Å²) in [5, 5.41) is 0.433. The second-order valence-corrected chi connectivity index (χ2v) is 5.38. The lowest BCUT2D eigenvalue weighted by Crippen LogP contribution is -2.20. The van der Waals surface area contributed by atoms with E-state index in [9.17, 15) is 9.59 Å². The Morgan fingerprint density at radius 3 is 2.53 bits per heavy atom. The van der Waals surface area contributed by atoms with Gasteiger partial charge in [-0.3, -0.25) is 4.79 Å². The molecule has 7 heteroatoms. The van der Waals surface area contributed by atoms with E-state index in [0.717, 1.165) is 0 Å². The minimum Gasteiger partial charge on any atom is -0.465 e. The number of benzene rings is 1. The molecule has 17 heavy (non-hydrogen) atoms. The molecular weight excluding hydrogens is 424 g/mol. The fourth-order valence-electron chi connectivity index (χ4n) is 1.19. The van der Waals surface area contributed by atoms with Crippen molar-refractivity contribution < 1.29 is 14.3 Å². The first-order valence-electron chi connectivity index (χ1n) is 4.42. The molecular formula is C10H8BrClINO3. The highest BCUT2D eigenvalue weighted by atomic mass is 127. The van der Waals surface area contributed by atoms with E-state index >= 15 is 0 Å². The Morgan fingerprint density at radius 2 is 2.06 bits per heavy atom. The first kappa shape index (κ1) is 14.7. The molecule has 0 bridgehead atoms. The lowest BCUT2D eigenvalue weighted by atomic mass is 10.2. The number of rotatable bonds is 2. The van der Waals surface area contributed by atoms with E-state index in [-0.39, 0.29) is 5.91 Å². The van der Waals surface area contributed by atoms with Crippen LogP contribution in [0.1, 0.15) is 17.3 Å². The Balaban J connectivity index is 3.45.